The Morgan fingerprint density at radius 2 is 1.84 bits per heavy atom. The summed E-state index contributed by atoms with van der Waals surface area (Å²) in [6.07, 6.45) is 3.18. The number of rotatable bonds is 9. The summed E-state index contributed by atoms with van der Waals surface area (Å²) in [5.74, 6) is 2.22. The summed E-state index contributed by atoms with van der Waals surface area (Å²) in [5, 5.41) is 25.4. The molecule has 0 bridgehead atoms. The van der Waals surface area contributed by atoms with Crippen molar-refractivity contribution in [2.24, 2.45) is 11.0 Å². The van der Waals surface area contributed by atoms with Gasteiger partial charge in [-0.25, -0.2) is 15.0 Å². The monoisotopic (exact) mass is 424 g/mol. The van der Waals surface area contributed by atoms with E-state index in [2.05, 4.69) is 28.9 Å². The van der Waals surface area contributed by atoms with Crippen LogP contribution in [0.25, 0.3) is 10.9 Å². The lowest BCUT2D eigenvalue weighted by Crippen LogP contribution is -2.23. The molecule has 2 aromatic carbocycles. The number of hydrogen-bond donors (Lipinski definition) is 2. The Kier molecular flexibility index (Phi) is 7.27. The quantitative estimate of drug-likeness (QED) is 0.306. The molecule has 2 N–H and O–H groups in total. The van der Waals surface area contributed by atoms with Gasteiger partial charge in [0, 0.05) is 11.9 Å². The van der Waals surface area contributed by atoms with Crippen LogP contribution in [0.1, 0.15) is 19.4 Å². The molecule has 0 fully saturated rings. The maximum Gasteiger partial charge on any atom is 0.707 e. The third-order valence-corrected chi connectivity index (χ3v) is 4.38. The average molecular weight is 424 g/mol. The number of methoxy groups -OCH3 is 2. The predicted molar refractivity (Wildman–Crippen MR) is 120 cm³/mol. The third-order valence-electron chi connectivity index (χ3n) is 4.38. The highest BCUT2D eigenvalue weighted by Gasteiger charge is 2.17. The van der Waals surface area contributed by atoms with E-state index in [0.717, 1.165) is 10.9 Å². The molecule has 162 valence electrons. The minimum Gasteiger partial charge on any atom is -0.509 e. The molecule has 3 rings (SSSR count). The molecule has 0 aliphatic heterocycles. The molecule has 0 saturated carbocycles. The molecule has 0 spiro atoms. The second kappa shape index (κ2) is 10.1. The minimum atomic E-state index is -1.93. The van der Waals surface area contributed by atoms with Crippen LogP contribution in [0.3, 0.4) is 0 Å². The molecular weight excluding hydrogens is 399 g/mol. The molecule has 0 amide bonds. The van der Waals surface area contributed by atoms with Crippen LogP contribution in [-0.4, -0.2) is 54.3 Å². The van der Waals surface area contributed by atoms with E-state index in [-0.39, 0.29) is 5.75 Å². The van der Waals surface area contributed by atoms with E-state index in [1.54, 1.807) is 31.5 Å². The number of ether oxygens (including phenoxy) is 2. The Morgan fingerprint density at radius 3 is 2.52 bits per heavy atom. The molecule has 9 nitrogen and oxygen atoms in total. The highest BCUT2D eigenvalue weighted by molar-refractivity contribution is 6.33. The van der Waals surface area contributed by atoms with Gasteiger partial charge >= 0.3 is 7.32 Å². The fourth-order valence-electron chi connectivity index (χ4n) is 3.06. The molecule has 3 aromatic rings. The van der Waals surface area contributed by atoms with Gasteiger partial charge < -0.3 is 24.2 Å². The average Bonchev–Trinajstić information content (AvgIpc) is 2.75. The zero-order valence-electron chi connectivity index (χ0n) is 17.9. The van der Waals surface area contributed by atoms with E-state index in [0.29, 0.717) is 35.3 Å². The van der Waals surface area contributed by atoms with Gasteiger partial charge in [-0.2, -0.15) is 5.10 Å². The molecule has 10 heteroatoms. The maximum atomic E-state index is 9.03. The van der Waals surface area contributed by atoms with Crippen molar-refractivity contribution >= 4 is 30.3 Å². The Balaban J connectivity index is 1.98. The highest BCUT2D eigenvalue weighted by Crippen LogP contribution is 2.30. The number of benzene rings is 2. The van der Waals surface area contributed by atoms with Gasteiger partial charge in [0.2, 0.25) is 0 Å². The smallest absolute Gasteiger partial charge is 0.509 e. The number of anilines is 1. The normalized spacial score (nSPS) is 11.2. The van der Waals surface area contributed by atoms with E-state index < -0.39 is 7.32 Å². The van der Waals surface area contributed by atoms with Crippen LogP contribution < -0.4 is 19.1 Å². The van der Waals surface area contributed by atoms with Crippen LogP contribution >= 0.6 is 0 Å². The lowest BCUT2D eigenvalue weighted by molar-refractivity contribution is 0.279. The number of hydrazone groups is 1. The lowest BCUT2D eigenvalue weighted by atomic mass is 10.2. The van der Waals surface area contributed by atoms with Crippen molar-refractivity contribution in [3.8, 4) is 17.2 Å². The lowest BCUT2D eigenvalue weighted by Gasteiger charge is -2.21. The van der Waals surface area contributed by atoms with Gasteiger partial charge in [-0.15, -0.1) is 0 Å². The molecule has 1 heterocycles. The molecular formula is C21H25BN4O5. The van der Waals surface area contributed by atoms with Gasteiger partial charge in [0.15, 0.2) is 11.6 Å². The van der Waals surface area contributed by atoms with Crippen LogP contribution in [0, 0.1) is 5.92 Å². The Labute approximate surface area is 181 Å². The molecule has 0 atom stereocenters. The summed E-state index contributed by atoms with van der Waals surface area (Å²) in [7, 11) is 1.15. The van der Waals surface area contributed by atoms with Gasteiger partial charge in [-0.05, 0) is 41.8 Å². The predicted octanol–water partition coefficient (Wildman–Crippen LogP) is 2.49. The van der Waals surface area contributed by atoms with Gasteiger partial charge in [-0.3, -0.25) is 0 Å². The number of aromatic nitrogens is 2. The summed E-state index contributed by atoms with van der Waals surface area (Å²) in [4.78, 5) is 8.84. The molecule has 0 unspecified atom stereocenters. The van der Waals surface area contributed by atoms with Crippen molar-refractivity contribution in [3.63, 3.8) is 0 Å². The van der Waals surface area contributed by atoms with Crippen molar-refractivity contribution in [2.45, 2.75) is 13.8 Å². The van der Waals surface area contributed by atoms with Crippen molar-refractivity contribution in [1.29, 1.82) is 0 Å². The first-order chi connectivity index (χ1) is 14.9. The van der Waals surface area contributed by atoms with E-state index >= 15 is 0 Å². The Morgan fingerprint density at radius 1 is 1.06 bits per heavy atom. The second-order valence-corrected chi connectivity index (χ2v) is 7.13. The first kappa shape index (κ1) is 22.3. The second-order valence-electron chi connectivity index (χ2n) is 7.13. The molecule has 0 saturated heterocycles. The van der Waals surface area contributed by atoms with Crippen LogP contribution in [0.15, 0.2) is 47.8 Å². The summed E-state index contributed by atoms with van der Waals surface area (Å²) in [6.45, 7) is 4.83. The van der Waals surface area contributed by atoms with Gasteiger partial charge in [-0.1, -0.05) is 19.9 Å². The van der Waals surface area contributed by atoms with Gasteiger partial charge in [0.05, 0.1) is 20.4 Å². The van der Waals surface area contributed by atoms with Crippen molar-refractivity contribution in [3.05, 3.63) is 48.3 Å². The summed E-state index contributed by atoms with van der Waals surface area (Å²) < 4.78 is 15.6. The molecule has 0 aliphatic rings. The molecule has 0 aliphatic carbocycles. The van der Waals surface area contributed by atoms with E-state index in [1.165, 1.54) is 13.4 Å². The fraction of sp³-hybridized carbons (Fsp3) is 0.286. The van der Waals surface area contributed by atoms with Crippen LogP contribution in [-0.2, 0) is 0 Å². The summed E-state index contributed by atoms with van der Waals surface area (Å²) >= 11 is 0. The maximum absolute atomic E-state index is 9.03. The number of nitrogens with zero attached hydrogens (tertiary/aromatic N) is 4. The molecule has 31 heavy (non-hydrogen) atoms. The topological polar surface area (TPSA) is 110 Å². The minimum absolute atomic E-state index is 0.211. The standard InChI is InChI=1S/C21H25BN4O5/c1-14(2)12-26(21-16-6-5-7-18(29-3)20(16)23-13-24-21)25-11-15-8-9-17(31-22(27)28)19(10-15)30-4/h5-11,13-14,27-28H,12H2,1-4H3/b25-11+. The highest BCUT2D eigenvalue weighted by atomic mass is 16.6. The summed E-state index contributed by atoms with van der Waals surface area (Å²) in [5.41, 5.74) is 1.45. The van der Waals surface area contributed by atoms with Gasteiger partial charge in [0.25, 0.3) is 0 Å². The van der Waals surface area contributed by atoms with Gasteiger partial charge in [0.1, 0.15) is 23.3 Å². The summed E-state index contributed by atoms with van der Waals surface area (Å²) in [6, 6.07) is 10.7. The van der Waals surface area contributed by atoms with Crippen molar-refractivity contribution in [2.75, 3.05) is 25.8 Å². The Hall–Kier alpha value is -3.37. The largest absolute Gasteiger partial charge is 0.707 e. The van der Waals surface area contributed by atoms with E-state index in [1.807, 2.05) is 23.2 Å². The number of fused-ring (bicyclic) bond motifs is 1. The van der Waals surface area contributed by atoms with E-state index in [4.69, 9.17) is 24.2 Å². The van der Waals surface area contributed by atoms with Crippen molar-refractivity contribution in [1.82, 2.24) is 9.97 Å². The van der Waals surface area contributed by atoms with Crippen LogP contribution in [0.5, 0.6) is 17.2 Å². The fourth-order valence-corrected chi connectivity index (χ4v) is 3.06. The first-order valence-corrected chi connectivity index (χ1v) is 9.73. The molecule has 0 radical (unpaired) electrons. The number of para-hydroxylation sites is 1. The first-order valence-electron chi connectivity index (χ1n) is 9.73. The van der Waals surface area contributed by atoms with Crippen LogP contribution in [0.4, 0.5) is 5.82 Å². The van der Waals surface area contributed by atoms with Crippen molar-refractivity contribution < 1.29 is 24.2 Å². The zero-order chi connectivity index (χ0) is 22.4. The third kappa shape index (κ3) is 5.42. The van der Waals surface area contributed by atoms with E-state index in [9.17, 15) is 0 Å². The van der Waals surface area contributed by atoms with Crippen LogP contribution in [0.2, 0.25) is 0 Å². The Bertz CT molecular complexity index is 1060. The molecule has 1 aromatic heterocycles. The zero-order valence-corrected chi connectivity index (χ0v) is 17.9. The SMILES string of the molecule is COc1cc(/C=N/N(CC(C)C)c2ncnc3c(OC)cccc23)ccc1OB(O)O. The number of hydrogen-bond acceptors (Lipinski definition) is 9.